The third kappa shape index (κ3) is 2.36. The van der Waals surface area contributed by atoms with E-state index in [1.54, 1.807) is 6.07 Å². The Kier molecular flexibility index (Phi) is 3.14. The first-order valence-corrected chi connectivity index (χ1v) is 5.80. The number of benzene rings is 1. The van der Waals surface area contributed by atoms with E-state index >= 15 is 0 Å². The Hall–Kier alpha value is -2.17. The van der Waals surface area contributed by atoms with Gasteiger partial charge in [0, 0.05) is 11.0 Å². The van der Waals surface area contributed by atoms with E-state index in [9.17, 15) is 14.3 Å². The monoisotopic (exact) mass is 263 g/mol. The highest BCUT2D eigenvalue weighted by molar-refractivity contribution is 5.96. The van der Waals surface area contributed by atoms with Crippen LogP contribution in [0, 0.1) is 5.82 Å². The van der Waals surface area contributed by atoms with Crippen LogP contribution in [0.2, 0.25) is 0 Å². The molecule has 1 N–H and O–H groups in total. The Bertz CT molecular complexity index is 626. The SMILES string of the molecule is CC(C)(C)c1onc(-c2ccccc2F)c1C(=O)O. The highest BCUT2D eigenvalue weighted by Gasteiger charge is 2.31. The fourth-order valence-corrected chi connectivity index (χ4v) is 1.84. The molecule has 0 aliphatic carbocycles. The van der Waals surface area contributed by atoms with Crippen LogP contribution in [-0.4, -0.2) is 16.2 Å². The van der Waals surface area contributed by atoms with Gasteiger partial charge >= 0.3 is 5.97 Å². The van der Waals surface area contributed by atoms with Gasteiger partial charge in [0.05, 0.1) is 0 Å². The molecular weight excluding hydrogens is 249 g/mol. The van der Waals surface area contributed by atoms with Gasteiger partial charge in [-0.3, -0.25) is 0 Å². The van der Waals surface area contributed by atoms with Crippen LogP contribution in [0.25, 0.3) is 11.3 Å². The fraction of sp³-hybridized carbons (Fsp3) is 0.286. The van der Waals surface area contributed by atoms with Gasteiger partial charge in [-0.25, -0.2) is 9.18 Å². The molecule has 19 heavy (non-hydrogen) atoms. The average Bonchev–Trinajstić information content (AvgIpc) is 2.73. The summed E-state index contributed by atoms with van der Waals surface area (Å²) in [5, 5.41) is 13.1. The molecule has 0 saturated heterocycles. The molecular formula is C14H14FNO3. The van der Waals surface area contributed by atoms with Gasteiger partial charge in [-0.05, 0) is 12.1 Å². The van der Waals surface area contributed by atoms with Crippen molar-refractivity contribution in [3.05, 3.63) is 41.4 Å². The lowest BCUT2D eigenvalue weighted by Gasteiger charge is -2.14. The van der Waals surface area contributed by atoms with Crippen molar-refractivity contribution in [1.29, 1.82) is 0 Å². The molecule has 0 atom stereocenters. The Balaban J connectivity index is 2.70. The summed E-state index contributed by atoms with van der Waals surface area (Å²) < 4.78 is 18.9. The first kappa shape index (κ1) is 13.3. The molecule has 0 aliphatic rings. The predicted molar refractivity (Wildman–Crippen MR) is 67.6 cm³/mol. The Morgan fingerprint density at radius 1 is 1.32 bits per heavy atom. The van der Waals surface area contributed by atoms with Gasteiger partial charge < -0.3 is 9.63 Å². The molecule has 2 aromatic rings. The van der Waals surface area contributed by atoms with E-state index in [-0.39, 0.29) is 22.6 Å². The van der Waals surface area contributed by atoms with Crippen molar-refractivity contribution >= 4 is 5.97 Å². The van der Waals surface area contributed by atoms with Crippen LogP contribution < -0.4 is 0 Å². The maximum absolute atomic E-state index is 13.7. The van der Waals surface area contributed by atoms with Gasteiger partial charge in [-0.2, -0.15) is 0 Å². The van der Waals surface area contributed by atoms with E-state index in [1.165, 1.54) is 18.2 Å². The van der Waals surface area contributed by atoms with Crippen LogP contribution in [-0.2, 0) is 5.41 Å². The van der Waals surface area contributed by atoms with E-state index in [1.807, 2.05) is 20.8 Å². The molecule has 1 aromatic carbocycles. The highest BCUT2D eigenvalue weighted by atomic mass is 19.1. The normalized spacial score (nSPS) is 11.6. The largest absolute Gasteiger partial charge is 0.477 e. The first-order valence-electron chi connectivity index (χ1n) is 5.80. The van der Waals surface area contributed by atoms with Gasteiger partial charge in [0.15, 0.2) is 5.76 Å². The molecule has 0 aliphatic heterocycles. The summed E-state index contributed by atoms with van der Waals surface area (Å²) in [6.07, 6.45) is 0. The Morgan fingerprint density at radius 2 is 1.95 bits per heavy atom. The zero-order chi connectivity index (χ0) is 14.2. The van der Waals surface area contributed by atoms with E-state index < -0.39 is 17.2 Å². The molecule has 0 spiro atoms. The van der Waals surface area contributed by atoms with Crippen LogP contribution in [0.1, 0.15) is 36.9 Å². The third-order valence-electron chi connectivity index (χ3n) is 2.72. The summed E-state index contributed by atoms with van der Waals surface area (Å²) in [5.41, 5.74) is -0.461. The van der Waals surface area contributed by atoms with Gasteiger partial charge in [0.1, 0.15) is 17.1 Å². The van der Waals surface area contributed by atoms with Crippen LogP contribution in [0.3, 0.4) is 0 Å². The summed E-state index contributed by atoms with van der Waals surface area (Å²) in [6, 6.07) is 5.89. The number of aromatic nitrogens is 1. The smallest absolute Gasteiger partial charge is 0.341 e. The van der Waals surface area contributed by atoms with Crippen molar-refractivity contribution in [2.45, 2.75) is 26.2 Å². The summed E-state index contributed by atoms with van der Waals surface area (Å²) in [5.74, 6) is -1.47. The van der Waals surface area contributed by atoms with Gasteiger partial charge in [-0.15, -0.1) is 0 Å². The molecule has 1 aromatic heterocycles. The van der Waals surface area contributed by atoms with Gasteiger partial charge in [0.25, 0.3) is 0 Å². The number of hydrogen-bond acceptors (Lipinski definition) is 3. The van der Waals surface area contributed by atoms with E-state index in [0.29, 0.717) is 0 Å². The van der Waals surface area contributed by atoms with Crippen LogP contribution in [0.15, 0.2) is 28.8 Å². The molecule has 0 saturated carbocycles. The summed E-state index contributed by atoms with van der Waals surface area (Å²) in [7, 11) is 0. The molecule has 5 heteroatoms. The van der Waals surface area contributed by atoms with Crippen molar-refractivity contribution in [1.82, 2.24) is 5.16 Å². The van der Waals surface area contributed by atoms with Crippen molar-refractivity contribution in [2.75, 3.05) is 0 Å². The van der Waals surface area contributed by atoms with Crippen molar-refractivity contribution in [3.8, 4) is 11.3 Å². The second kappa shape index (κ2) is 4.50. The van der Waals surface area contributed by atoms with Crippen molar-refractivity contribution in [3.63, 3.8) is 0 Å². The number of carbonyl (C=O) groups is 1. The third-order valence-corrected chi connectivity index (χ3v) is 2.72. The minimum Gasteiger partial charge on any atom is -0.477 e. The molecule has 0 amide bonds. The Labute approximate surface area is 109 Å². The van der Waals surface area contributed by atoms with Gasteiger partial charge in [0.2, 0.25) is 0 Å². The van der Waals surface area contributed by atoms with Crippen molar-refractivity contribution in [2.24, 2.45) is 0 Å². The number of hydrogen-bond donors (Lipinski definition) is 1. The van der Waals surface area contributed by atoms with E-state index in [0.717, 1.165) is 0 Å². The number of carboxylic acid groups (broad SMARTS) is 1. The molecule has 0 unspecified atom stereocenters. The second-order valence-corrected chi connectivity index (χ2v) is 5.27. The van der Waals surface area contributed by atoms with E-state index in [2.05, 4.69) is 5.16 Å². The minimum atomic E-state index is -1.18. The first-order chi connectivity index (χ1) is 8.82. The lowest BCUT2D eigenvalue weighted by atomic mass is 9.89. The standard InChI is InChI=1S/C14H14FNO3/c1-14(2,3)12-10(13(17)18)11(16-19-12)8-6-4-5-7-9(8)15/h4-7H,1-3H3,(H,17,18). The minimum absolute atomic E-state index is 0.0236. The van der Waals surface area contributed by atoms with Crippen LogP contribution in [0.4, 0.5) is 4.39 Å². The zero-order valence-electron chi connectivity index (χ0n) is 10.9. The fourth-order valence-electron chi connectivity index (χ4n) is 1.84. The number of nitrogens with zero attached hydrogens (tertiary/aromatic N) is 1. The predicted octanol–water partition coefficient (Wildman–Crippen LogP) is 3.48. The lowest BCUT2D eigenvalue weighted by molar-refractivity contribution is 0.0693. The molecule has 100 valence electrons. The topological polar surface area (TPSA) is 63.3 Å². The molecule has 0 radical (unpaired) electrons. The number of carboxylic acids is 1. The van der Waals surface area contributed by atoms with E-state index in [4.69, 9.17) is 4.52 Å². The molecule has 4 nitrogen and oxygen atoms in total. The maximum Gasteiger partial charge on any atom is 0.341 e. The van der Waals surface area contributed by atoms with Gasteiger partial charge in [-0.1, -0.05) is 38.1 Å². The lowest BCUT2D eigenvalue weighted by Crippen LogP contribution is -2.15. The van der Waals surface area contributed by atoms with Crippen LogP contribution in [0.5, 0.6) is 0 Å². The summed E-state index contributed by atoms with van der Waals surface area (Å²) in [6.45, 7) is 5.43. The summed E-state index contributed by atoms with van der Waals surface area (Å²) in [4.78, 5) is 11.4. The Morgan fingerprint density at radius 3 is 2.47 bits per heavy atom. The average molecular weight is 263 g/mol. The quantitative estimate of drug-likeness (QED) is 0.901. The van der Waals surface area contributed by atoms with Crippen LogP contribution >= 0.6 is 0 Å². The number of aromatic carboxylic acids is 1. The highest BCUT2D eigenvalue weighted by Crippen LogP contribution is 2.33. The molecule has 2 rings (SSSR count). The molecule has 0 bridgehead atoms. The second-order valence-electron chi connectivity index (χ2n) is 5.27. The zero-order valence-corrected chi connectivity index (χ0v) is 10.9. The number of halogens is 1. The molecule has 1 heterocycles. The maximum atomic E-state index is 13.7. The number of rotatable bonds is 2. The summed E-state index contributed by atoms with van der Waals surface area (Å²) >= 11 is 0. The van der Waals surface area contributed by atoms with Crippen molar-refractivity contribution < 1.29 is 18.8 Å². The molecule has 0 fully saturated rings.